The molecule has 0 saturated carbocycles. The van der Waals surface area contributed by atoms with E-state index in [1.54, 1.807) is 0 Å². The van der Waals surface area contributed by atoms with Crippen LogP contribution in [0, 0.1) is 5.82 Å². The molecule has 3 heterocycles. The Bertz CT molecular complexity index is 636. The van der Waals surface area contributed by atoms with E-state index in [1.165, 1.54) is 17.1 Å². The smallest absolute Gasteiger partial charge is 0.263 e. The molecule has 2 aromatic rings. The molecule has 1 aliphatic heterocycles. The third-order valence-corrected chi connectivity index (χ3v) is 3.17. The number of rotatable bonds is 2. The van der Waals surface area contributed by atoms with Crippen LogP contribution in [0.3, 0.4) is 0 Å². The first-order chi connectivity index (χ1) is 8.70. The number of nitrogens with one attached hydrogen (secondary N) is 1. The highest BCUT2D eigenvalue weighted by atomic mass is 19.1. The number of aromatic amines is 1. The van der Waals surface area contributed by atoms with Crippen LogP contribution in [0.5, 0.6) is 0 Å². The van der Waals surface area contributed by atoms with Crippen LogP contribution in [0.4, 0.5) is 4.39 Å². The van der Waals surface area contributed by atoms with Crippen molar-refractivity contribution in [2.45, 2.75) is 25.2 Å². The SMILES string of the molecule is O=c1[nH]cnc2c1c(F)cn2C1CC[C@@H](CO)O1. The van der Waals surface area contributed by atoms with Gasteiger partial charge in [0, 0.05) is 6.20 Å². The quantitative estimate of drug-likeness (QED) is 0.818. The second-order valence-electron chi connectivity index (χ2n) is 4.29. The molecule has 7 heteroatoms. The van der Waals surface area contributed by atoms with Gasteiger partial charge in [0.1, 0.15) is 11.6 Å². The number of hydrogen-bond acceptors (Lipinski definition) is 4. The van der Waals surface area contributed by atoms with E-state index in [2.05, 4.69) is 9.97 Å². The second kappa shape index (κ2) is 4.18. The lowest BCUT2D eigenvalue weighted by molar-refractivity contribution is -0.0206. The van der Waals surface area contributed by atoms with Gasteiger partial charge in [-0.15, -0.1) is 0 Å². The molecule has 3 rings (SSSR count). The van der Waals surface area contributed by atoms with Crippen molar-refractivity contribution in [1.82, 2.24) is 14.5 Å². The number of fused-ring (bicyclic) bond motifs is 1. The van der Waals surface area contributed by atoms with Gasteiger partial charge in [0.15, 0.2) is 11.5 Å². The summed E-state index contributed by atoms with van der Waals surface area (Å²) < 4.78 is 20.8. The summed E-state index contributed by atoms with van der Waals surface area (Å²) in [6.07, 6.45) is 3.19. The van der Waals surface area contributed by atoms with Crippen molar-refractivity contribution in [3.05, 3.63) is 28.7 Å². The predicted octanol–water partition coefficient (Wildman–Crippen LogP) is 0.534. The van der Waals surface area contributed by atoms with Gasteiger partial charge < -0.3 is 19.4 Å². The summed E-state index contributed by atoms with van der Waals surface area (Å²) >= 11 is 0. The van der Waals surface area contributed by atoms with Gasteiger partial charge in [-0.3, -0.25) is 4.79 Å². The standard InChI is InChI=1S/C11H12FN3O3/c12-7-3-15(8-2-1-6(4-16)18-8)10-9(7)11(17)14-5-13-10/h3,5-6,8,16H,1-2,4H2,(H,13,14,17)/t6-,8?/m0/s1. The van der Waals surface area contributed by atoms with Gasteiger partial charge in [-0.05, 0) is 12.8 Å². The monoisotopic (exact) mass is 253 g/mol. The maximum absolute atomic E-state index is 13.7. The molecular formula is C11H12FN3O3. The average molecular weight is 253 g/mol. The molecule has 1 unspecified atom stereocenters. The van der Waals surface area contributed by atoms with Crippen LogP contribution < -0.4 is 5.56 Å². The number of aliphatic hydroxyl groups excluding tert-OH is 1. The Kier molecular flexibility index (Phi) is 2.64. The molecular weight excluding hydrogens is 241 g/mol. The maximum atomic E-state index is 13.7. The topological polar surface area (TPSA) is 80.1 Å². The van der Waals surface area contributed by atoms with E-state index >= 15 is 0 Å². The summed E-state index contributed by atoms with van der Waals surface area (Å²) in [5.74, 6) is -0.615. The highest BCUT2D eigenvalue weighted by Crippen LogP contribution is 2.30. The van der Waals surface area contributed by atoms with Crippen molar-refractivity contribution >= 4 is 11.0 Å². The van der Waals surface area contributed by atoms with E-state index < -0.39 is 11.4 Å². The minimum atomic E-state index is -0.615. The molecule has 0 radical (unpaired) electrons. The zero-order chi connectivity index (χ0) is 12.7. The summed E-state index contributed by atoms with van der Waals surface area (Å²) in [6, 6.07) is 0. The Morgan fingerprint density at radius 3 is 3.17 bits per heavy atom. The van der Waals surface area contributed by atoms with Crippen LogP contribution in [0.25, 0.3) is 11.0 Å². The normalized spacial score (nSPS) is 23.9. The highest BCUT2D eigenvalue weighted by Gasteiger charge is 2.28. The van der Waals surface area contributed by atoms with E-state index in [0.717, 1.165) is 0 Å². The van der Waals surface area contributed by atoms with Gasteiger partial charge in [-0.25, -0.2) is 9.37 Å². The van der Waals surface area contributed by atoms with Gasteiger partial charge in [0.2, 0.25) is 0 Å². The Labute approximate surface area is 101 Å². The highest BCUT2D eigenvalue weighted by molar-refractivity contribution is 5.75. The molecule has 6 nitrogen and oxygen atoms in total. The van der Waals surface area contributed by atoms with Crippen molar-refractivity contribution < 1.29 is 14.2 Å². The van der Waals surface area contributed by atoms with E-state index in [9.17, 15) is 9.18 Å². The van der Waals surface area contributed by atoms with Crippen molar-refractivity contribution in [2.75, 3.05) is 6.61 Å². The summed E-state index contributed by atoms with van der Waals surface area (Å²) in [4.78, 5) is 17.8. The summed E-state index contributed by atoms with van der Waals surface area (Å²) in [6.45, 7) is -0.0633. The third kappa shape index (κ3) is 1.63. The van der Waals surface area contributed by atoms with E-state index in [0.29, 0.717) is 12.8 Å². The van der Waals surface area contributed by atoms with E-state index in [-0.39, 0.29) is 30.0 Å². The molecule has 1 fully saturated rings. The molecule has 2 atom stereocenters. The molecule has 1 saturated heterocycles. The fraction of sp³-hybridized carbons (Fsp3) is 0.455. The maximum Gasteiger partial charge on any atom is 0.263 e. The molecule has 96 valence electrons. The van der Waals surface area contributed by atoms with Crippen molar-refractivity contribution in [2.24, 2.45) is 0 Å². The van der Waals surface area contributed by atoms with Crippen LogP contribution in [-0.2, 0) is 4.74 Å². The van der Waals surface area contributed by atoms with Gasteiger partial charge in [0.05, 0.1) is 19.0 Å². The molecule has 1 aliphatic rings. The van der Waals surface area contributed by atoms with Crippen LogP contribution in [0.2, 0.25) is 0 Å². The number of ether oxygens (including phenoxy) is 1. The Balaban J connectivity index is 2.08. The number of nitrogens with zero attached hydrogens (tertiary/aromatic N) is 2. The third-order valence-electron chi connectivity index (χ3n) is 3.17. The first-order valence-electron chi connectivity index (χ1n) is 5.70. The molecule has 18 heavy (non-hydrogen) atoms. The first kappa shape index (κ1) is 11.4. The number of H-pyrrole nitrogens is 1. The number of halogens is 1. The van der Waals surface area contributed by atoms with Gasteiger partial charge in [-0.2, -0.15) is 0 Å². The molecule has 2 aromatic heterocycles. The molecule has 0 bridgehead atoms. The number of hydrogen-bond donors (Lipinski definition) is 2. The number of aliphatic hydroxyl groups is 1. The van der Waals surface area contributed by atoms with Crippen LogP contribution >= 0.6 is 0 Å². The first-order valence-corrected chi connectivity index (χ1v) is 5.70. The summed E-state index contributed by atoms with van der Waals surface area (Å²) in [5.41, 5.74) is -0.243. The van der Waals surface area contributed by atoms with Crippen LogP contribution in [0.1, 0.15) is 19.1 Å². The number of aromatic nitrogens is 3. The van der Waals surface area contributed by atoms with Gasteiger partial charge >= 0.3 is 0 Å². The molecule has 0 amide bonds. The lowest BCUT2D eigenvalue weighted by Gasteiger charge is -2.14. The van der Waals surface area contributed by atoms with E-state index in [1.807, 2.05) is 0 Å². The Hall–Kier alpha value is -1.73. The van der Waals surface area contributed by atoms with Crippen LogP contribution in [0.15, 0.2) is 17.3 Å². The van der Waals surface area contributed by atoms with Crippen molar-refractivity contribution in [3.8, 4) is 0 Å². The second-order valence-corrected chi connectivity index (χ2v) is 4.29. The zero-order valence-electron chi connectivity index (χ0n) is 9.47. The van der Waals surface area contributed by atoms with Crippen molar-refractivity contribution in [1.29, 1.82) is 0 Å². The minimum absolute atomic E-state index is 0.0615. The molecule has 0 spiro atoms. The van der Waals surface area contributed by atoms with Gasteiger partial charge in [-0.1, -0.05) is 0 Å². The average Bonchev–Trinajstić information content (AvgIpc) is 2.94. The molecule has 0 aromatic carbocycles. The minimum Gasteiger partial charge on any atom is -0.394 e. The zero-order valence-corrected chi connectivity index (χ0v) is 9.47. The lowest BCUT2D eigenvalue weighted by atomic mass is 10.2. The van der Waals surface area contributed by atoms with Gasteiger partial charge in [0.25, 0.3) is 5.56 Å². The fourth-order valence-electron chi connectivity index (χ4n) is 2.29. The van der Waals surface area contributed by atoms with Crippen molar-refractivity contribution in [3.63, 3.8) is 0 Å². The largest absolute Gasteiger partial charge is 0.394 e. The molecule has 0 aliphatic carbocycles. The summed E-state index contributed by atoms with van der Waals surface area (Å²) in [5, 5.41) is 8.95. The lowest BCUT2D eigenvalue weighted by Crippen LogP contribution is -2.14. The van der Waals surface area contributed by atoms with E-state index in [4.69, 9.17) is 9.84 Å². The Morgan fingerprint density at radius 1 is 1.61 bits per heavy atom. The molecule has 2 N–H and O–H groups in total. The Morgan fingerprint density at radius 2 is 2.44 bits per heavy atom. The fourth-order valence-corrected chi connectivity index (χ4v) is 2.29. The van der Waals surface area contributed by atoms with Crippen LogP contribution in [-0.4, -0.2) is 32.4 Å². The summed E-state index contributed by atoms with van der Waals surface area (Å²) in [7, 11) is 0. The predicted molar refractivity (Wildman–Crippen MR) is 60.5 cm³/mol.